The van der Waals surface area contributed by atoms with E-state index in [1.54, 1.807) is 0 Å². The number of fused-ring (bicyclic) bond motifs is 1. The van der Waals surface area contributed by atoms with E-state index in [-0.39, 0.29) is 0 Å². The molecule has 4 aromatic rings. The lowest BCUT2D eigenvalue weighted by Gasteiger charge is -1.98. The monoisotopic (exact) mass is 323 g/mol. The van der Waals surface area contributed by atoms with Crippen LogP contribution in [0.2, 0.25) is 5.02 Å². The molecule has 0 saturated heterocycles. The number of aromatic nitrogens is 3. The lowest BCUT2D eigenvalue weighted by atomic mass is 10.1. The van der Waals surface area contributed by atoms with Crippen LogP contribution in [0.25, 0.3) is 22.4 Å². The molecule has 0 saturated carbocycles. The Labute approximate surface area is 138 Å². The number of aromatic amines is 1. The molecule has 114 valence electrons. The Balaban J connectivity index is 1.53. The molecule has 0 fully saturated rings. The Morgan fingerprint density at radius 1 is 1.00 bits per heavy atom. The molecule has 2 heterocycles. The van der Waals surface area contributed by atoms with Crippen molar-refractivity contribution < 1.29 is 4.52 Å². The van der Waals surface area contributed by atoms with Gasteiger partial charge in [-0.2, -0.15) is 4.98 Å². The summed E-state index contributed by atoms with van der Waals surface area (Å²) in [7, 11) is 0. The Kier molecular flexibility index (Phi) is 3.60. The van der Waals surface area contributed by atoms with Crippen molar-refractivity contribution >= 4 is 22.5 Å². The Morgan fingerprint density at radius 2 is 1.83 bits per heavy atom. The quantitative estimate of drug-likeness (QED) is 0.594. The average Bonchev–Trinajstić information content (AvgIpc) is 3.20. The first-order chi connectivity index (χ1) is 11.3. The van der Waals surface area contributed by atoms with E-state index in [1.807, 2.05) is 54.7 Å². The van der Waals surface area contributed by atoms with Crippen molar-refractivity contribution in [2.45, 2.75) is 12.8 Å². The van der Waals surface area contributed by atoms with Crippen LogP contribution in [-0.2, 0) is 12.8 Å². The molecule has 0 atom stereocenters. The van der Waals surface area contributed by atoms with Crippen LogP contribution in [-0.4, -0.2) is 15.1 Å². The van der Waals surface area contributed by atoms with Gasteiger partial charge in [-0.3, -0.25) is 0 Å². The van der Waals surface area contributed by atoms with Crippen LogP contribution < -0.4 is 0 Å². The summed E-state index contributed by atoms with van der Waals surface area (Å²) in [6, 6.07) is 15.9. The second-order valence-electron chi connectivity index (χ2n) is 5.39. The predicted octanol–water partition coefficient (Wildman–Crippen LogP) is 4.66. The van der Waals surface area contributed by atoms with Gasteiger partial charge < -0.3 is 9.51 Å². The molecule has 2 aromatic carbocycles. The zero-order chi connectivity index (χ0) is 15.6. The summed E-state index contributed by atoms with van der Waals surface area (Å²) in [4.78, 5) is 7.73. The molecular weight excluding hydrogens is 310 g/mol. The largest absolute Gasteiger partial charge is 0.360 e. The summed E-state index contributed by atoms with van der Waals surface area (Å²) in [6.45, 7) is 0. The van der Waals surface area contributed by atoms with E-state index in [4.69, 9.17) is 16.1 Å². The molecule has 23 heavy (non-hydrogen) atoms. The summed E-state index contributed by atoms with van der Waals surface area (Å²) >= 11 is 5.89. The smallest absolute Gasteiger partial charge is 0.260 e. The van der Waals surface area contributed by atoms with E-state index in [1.165, 1.54) is 5.56 Å². The molecule has 0 aliphatic heterocycles. The predicted molar refractivity (Wildman–Crippen MR) is 90.5 cm³/mol. The van der Waals surface area contributed by atoms with Crippen molar-refractivity contribution in [3.05, 3.63) is 71.1 Å². The van der Waals surface area contributed by atoms with Crippen LogP contribution in [0.1, 0.15) is 11.4 Å². The molecule has 4 nitrogen and oxygen atoms in total. The van der Waals surface area contributed by atoms with Gasteiger partial charge in [0, 0.05) is 28.5 Å². The number of H-pyrrole nitrogens is 1. The highest BCUT2D eigenvalue weighted by molar-refractivity contribution is 6.30. The number of nitrogens with zero attached hydrogens (tertiary/aromatic N) is 2. The highest BCUT2D eigenvalue weighted by Gasteiger charge is 2.13. The van der Waals surface area contributed by atoms with Crippen LogP contribution in [0, 0.1) is 0 Å². The van der Waals surface area contributed by atoms with Gasteiger partial charge in [0.25, 0.3) is 5.89 Å². The fraction of sp³-hybridized carbons (Fsp3) is 0.111. The van der Waals surface area contributed by atoms with Gasteiger partial charge in [-0.15, -0.1) is 0 Å². The molecule has 2 aromatic heterocycles. The Morgan fingerprint density at radius 3 is 2.70 bits per heavy atom. The molecule has 0 radical (unpaired) electrons. The number of nitrogens with one attached hydrogen (secondary N) is 1. The van der Waals surface area contributed by atoms with Gasteiger partial charge in [0.2, 0.25) is 0 Å². The summed E-state index contributed by atoms with van der Waals surface area (Å²) in [6.07, 6.45) is 3.48. The highest BCUT2D eigenvalue weighted by Crippen LogP contribution is 2.27. The minimum absolute atomic E-state index is 0.550. The molecule has 1 N–H and O–H groups in total. The Hall–Kier alpha value is -2.59. The number of hydrogen-bond donors (Lipinski definition) is 1. The molecule has 0 spiro atoms. The van der Waals surface area contributed by atoms with E-state index in [9.17, 15) is 0 Å². The standard InChI is InChI=1S/C18H14ClN3O/c19-13-8-5-12(6-9-13)7-10-17-21-18(23-22-17)15-11-20-16-4-2-1-3-14(15)16/h1-6,8-9,11,20H,7,10H2. The molecule has 0 amide bonds. The lowest BCUT2D eigenvalue weighted by molar-refractivity contribution is 0.422. The van der Waals surface area contributed by atoms with Crippen LogP contribution in [0.4, 0.5) is 0 Å². The number of benzene rings is 2. The molecular formula is C18H14ClN3O. The second-order valence-corrected chi connectivity index (χ2v) is 5.83. The van der Waals surface area contributed by atoms with Gasteiger partial charge in [0.15, 0.2) is 5.82 Å². The first-order valence-corrected chi connectivity index (χ1v) is 7.81. The third-order valence-electron chi connectivity index (χ3n) is 3.84. The van der Waals surface area contributed by atoms with E-state index >= 15 is 0 Å². The first kappa shape index (κ1) is 14.0. The maximum Gasteiger partial charge on any atom is 0.260 e. The number of para-hydroxylation sites is 1. The molecule has 0 bridgehead atoms. The van der Waals surface area contributed by atoms with E-state index in [0.717, 1.165) is 34.3 Å². The van der Waals surface area contributed by atoms with Crippen LogP contribution in [0.5, 0.6) is 0 Å². The molecule has 5 heteroatoms. The zero-order valence-corrected chi connectivity index (χ0v) is 13.0. The highest BCUT2D eigenvalue weighted by atomic mass is 35.5. The third kappa shape index (κ3) is 2.85. The van der Waals surface area contributed by atoms with Crippen molar-refractivity contribution in [3.63, 3.8) is 0 Å². The van der Waals surface area contributed by atoms with Crippen LogP contribution >= 0.6 is 11.6 Å². The second kappa shape index (κ2) is 5.89. The van der Waals surface area contributed by atoms with Crippen molar-refractivity contribution in [3.8, 4) is 11.5 Å². The van der Waals surface area contributed by atoms with E-state index in [0.29, 0.717) is 11.7 Å². The van der Waals surface area contributed by atoms with Gasteiger partial charge in [0.05, 0.1) is 5.56 Å². The molecule has 0 aliphatic carbocycles. The van der Waals surface area contributed by atoms with Gasteiger partial charge in [0.1, 0.15) is 0 Å². The van der Waals surface area contributed by atoms with E-state index in [2.05, 4.69) is 15.1 Å². The maximum absolute atomic E-state index is 5.89. The molecule has 0 aliphatic rings. The number of hydrogen-bond acceptors (Lipinski definition) is 3. The Bertz CT molecular complexity index is 940. The van der Waals surface area contributed by atoms with Crippen molar-refractivity contribution in [1.29, 1.82) is 0 Å². The van der Waals surface area contributed by atoms with Gasteiger partial charge >= 0.3 is 0 Å². The van der Waals surface area contributed by atoms with Gasteiger partial charge in [-0.05, 0) is 30.2 Å². The first-order valence-electron chi connectivity index (χ1n) is 7.43. The van der Waals surface area contributed by atoms with Crippen molar-refractivity contribution in [2.75, 3.05) is 0 Å². The van der Waals surface area contributed by atoms with Gasteiger partial charge in [-0.25, -0.2) is 0 Å². The van der Waals surface area contributed by atoms with Crippen molar-refractivity contribution in [2.24, 2.45) is 0 Å². The molecule has 4 rings (SSSR count). The minimum atomic E-state index is 0.550. The van der Waals surface area contributed by atoms with E-state index < -0.39 is 0 Å². The fourth-order valence-electron chi connectivity index (χ4n) is 2.62. The summed E-state index contributed by atoms with van der Waals surface area (Å²) < 4.78 is 5.42. The minimum Gasteiger partial charge on any atom is -0.360 e. The maximum atomic E-state index is 5.89. The zero-order valence-electron chi connectivity index (χ0n) is 12.3. The topological polar surface area (TPSA) is 54.7 Å². The fourth-order valence-corrected chi connectivity index (χ4v) is 2.75. The SMILES string of the molecule is Clc1ccc(CCc2noc(-c3c[nH]c4ccccc34)n2)cc1. The van der Waals surface area contributed by atoms with Gasteiger partial charge in [-0.1, -0.05) is 47.1 Å². The number of rotatable bonds is 4. The summed E-state index contributed by atoms with van der Waals surface area (Å²) in [5, 5.41) is 5.91. The van der Waals surface area contributed by atoms with Crippen molar-refractivity contribution in [1.82, 2.24) is 15.1 Å². The normalized spacial score (nSPS) is 11.2. The summed E-state index contributed by atoms with van der Waals surface area (Å²) in [5.41, 5.74) is 3.20. The lowest BCUT2D eigenvalue weighted by Crippen LogP contribution is -1.93. The number of halogens is 1. The average molecular weight is 324 g/mol. The third-order valence-corrected chi connectivity index (χ3v) is 4.09. The van der Waals surface area contributed by atoms with Crippen LogP contribution in [0.15, 0.2) is 59.3 Å². The molecule has 0 unspecified atom stereocenters. The summed E-state index contributed by atoms with van der Waals surface area (Å²) in [5.74, 6) is 1.26. The number of aryl methyl sites for hydroxylation is 2. The van der Waals surface area contributed by atoms with Crippen LogP contribution in [0.3, 0.4) is 0 Å².